The Morgan fingerprint density at radius 2 is 0.788 bits per heavy atom. The van der Waals surface area contributed by atoms with E-state index in [1.54, 1.807) is 54.6 Å². The van der Waals surface area contributed by atoms with E-state index in [2.05, 4.69) is 59.6 Å². The molecule has 3 aromatic heterocycles. The lowest BCUT2D eigenvalue weighted by atomic mass is 9.65. The van der Waals surface area contributed by atoms with Gasteiger partial charge in [0.1, 0.15) is 17.5 Å². The maximum atomic E-state index is 13.4. The number of aryl methyl sites for hydroxylation is 3. The number of carbonyl (C=O) groups excluding carboxylic acids is 2. The molecule has 0 saturated heterocycles. The lowest BCUT2D eigenvalue weighted by molar-refractivity contribution is -0.0463. The van der Waals surface area contributed by atoms with Crippen molar-refractivity contribution in [2.45, 2.75) is 141 Å². The van der Waals surface area contributed by atoms with E-state index in [0.717, 1.165) is 86.8 Å². The summed E-state index contributed by atoms with van der Waals surface area (Å²) in [5.74, 6) is -2.21. The van der Waals surface area contributed by atoms with Crippen LogP contribution in [0.4, 0.5) is 13.2 Å². The summed E-state index contributed by atoms with van der Waals surface area (Å²) < 4.78 is 50.5. The largest absolute Gasteiger partial charge is 0.478 e. The van der Waals surface area contributed by atoms with Crippen molar-refractivity contribution >= 4 is 36.1 Å². The zero-order chi connectivity index (χ0) is 69.7. The molecule has 99 heavy (non-hydrogen) atoms. The molecule has 6 aliphatic rings. The highest BCUT2D eigenvalue weighted by Gasteiger charge is 2.57. The number of fused-ring (bicyclic) bond motifs is 6. The molecule has 0 aliphatic heterocycles. The molecule has 15 rings (SSSR count). The van der Waals surface area contributed by atoms with E-state index in [1.165, 1.54) is 60.2 Å². The number of carboxylic acid groups (broad SMARTS) is 1. The van der Waals surface area contributed by atoms with Crippen molar-refractivity contribution in [2.75, 3.05) is 13.7 Å². The van der Waals surface area contributed by atoms with E-state index in [0.29, 0.717) is 100 Å². The van der Waals surface area contributed by atoms with Gasteiger partial charge in [-0.2, -0.15) is 15.3 Å². The van der Waals surface area contributed by atoms with Crippen LogP contribution in [-0.4, -0.2) is 98.1 Å². The van der Waals surface area contributed by atoms with Gasteiger partial charge >= 0.3 is 11.9 Å². The number of carbonyl (C=O) groups is 3. The Balaban J connectivity index is 0.000000133. The molecule has 3 fully saturated rings. The second-order valence-corrected chi connectivity index (χ2v) is 28.1. The van der Waals surface area contributed by atoms with Gasteiger partial charge in [0, 0.05) is 28.4 Å². The van der Waals surface area contributed by atoms with Crippen molar-refractivity contribution in [3.8, 4) is 17.1 Å². The number of hydrogen-bond donors (Lipinski definition) is 5. The summed E-state index contributed by atoms with van der Waals surface area (Å²) in [6, 6.07) is 41.0. The Morgan fingerprint density at radius 1 is 0.475 bits per heavy atom. The first-order valence-electron chi connectivity index (χ1n) is 34.1. The Morgan fingerprint density at radius 3 is 1.12 bits per heavy atom. The number of aliphatic hydroxyl groups is 3. The Hall–Kier alpha value is -9.75. The lowest BCUT2D eigenvalue weighted by Crippen LogP contribution is -2.45. The molecule has 1 amide bonds. The third-order valence-corrected chi connectivity index (χ3v) is 22.8. The fraction of sp³-hybridized carbons (Fsp3) is 0.333. The molecule has 0 bridgehead atoms. The van der Waals surface area contributed by atoms with Gasteiger partial charge in [-0.25, -0.2) is 36.8 Å². The van der Waals surface area contributed by atoms with Crippen LogP contribution in [0.1, 0.15) is 167 Å². The van der Waals surface area contributed by atoms with E-state index in [1.807, 2.05) is 94.2 Å². The van der Waals surface area contributed by atoms with Gasteiger partial charge in [0.05, 0.1) is 87.8 Å². The van der Waals surface area contributed by atoms with Gasteiger partial charge in [-0.1, -0.05) is 92.1 Å². The number of esters is 1. The third-order valence-electron chi connectivity index (χ3n) is 22.8. The van der Waals surface area contributed by atoms with Gasteiger partial charge in [0.15, 0.2) is 0 Å². The number of carboxylic acids is 1. The molecule has 6 aliphatic carbocycles. The summed E-state index contributed by atoms with van der Waals surface area (Å²) in [6.45, 7) is 8.88. The number of amides is 1. The highest BCUT2D eigenvalue weighted by molar-refractivity contribution is 5.95. The van der Waals surface area contributed by atoms with E-state index >= 15 is 0 Å². The monoisotopic (exact) mass is 1340 g/mol. The Kier molecular flexibility index (Phi) is 18.4. The molecule has 6 aromatic carbocycles. The molecule has 15 nitrogen and oxygen atoms in total. The zero-order valence-electron chi connectivity index (χ0n) is 56.4. The van der Waals surface area contributed by atoms with E-state index < -0.39 is 39.0 Å². The minimum absolute atomic E-state index is 0.0705. The summed E-state index contributed by atoms with van der Waals surface area (Å²) in [6.07, 6.45) is 21.8. The number of ether oxygens (including phenoxy) is 1. The third kappa shape index (κ3) is 12.5. The molecule has 5 N–H and O–H groups in total. The maximum absolute atomic E-state index is 13.4. The van der Waals surface area contributed by atoms with Gasteiger partial charge in [-0.05, 0) is 246 Å². The second kappa shape index (κ2) is 26.8. The molecule has 3 heterocycles. The van der Waals surface area contributed by atoms with Crippen molar-refractivity contribution in [1.29, 1.82) is 0 Å². The predicted molar refractivity (Wildman–Crippen MR) is 373 cm³/mol. The number of aromatic carboxylic acids is 1. The van der Waals surface area contributed by atoms with Crippen LogP contribution in [0.25, 0.3) is 35.3 Å². The van der Waals surface area contributed by atoms with Crippen molar-refractivity contribution < 1.29 is 52.7 Å². The molecule has 9 aromatic rings. The number of nitrogens with one attached hydrogen (secondary N) is 1. The van der Waals surface area contributed by atoms with Crippen molar-refractivity contribution in [2.24, 2.45) is 16.2 Å². The molecule has 18 heteroatoms. The molecule has 3 saturated carbocycles. The van der Waals surface area contributed by atoms with Crippen molar-refractivity contribution in [1.82, 2.24) is 34.7 Å². The van der Waals surface area contributed by atoms with E-state index in [4.69, 9.17) is 4.74 Å². The topological polar surface area (TPSA) is 207 Å². The summed E-state index contributed by atoms with van der Waals surface area (Å²) >= 11 is 0. The van der Waals surface area contributed by atoms with Crippen LogP contribution in [0.5, 0.6) is 0 Å². The van der Waals surface area contributed by atoms with Gasteiger partial charge in [0.25, 0.3) is 5.91 Å². The van der Waals surface area contributed by atoms with Gasteiger partial charge < -0.3 is 30.5 Å². The minimum Gasteiger partial charge on any atom is -0.478 e. The quantitative estimate of drug-likeness (QED) is 0.0575. The number of aromatic nitrogens is 6. The summed E-state index contributed by atoms with van der Waals surface area (Å²) in [5.41, 5.74) is 12.4. The van der Waals surface area contributed by atoms with Crippen LogP contribution >= 0.6 is 0 Å². The number of nitrogens with zero attached hydrogens (tertiary/aromatic N) is 6. The summed E-state index contributed by atoms with van der Waals surface area (Å²) in [5, 5.41) is 61.5. The Bertz CT molecular complexity index is 4670. The van der Waals surface area contributed by atoms with Gasteiger partial charge in [-0.15, -0.1) is 0 Å². The van der Waals surface area contributed by atoms with E-state index in [9.17, 15) is 48.0 Å². The molecule has 0 unspecified atom stereocenters. The first-order chi connectivity index (χ1) is 47.5. The second-order valence-electron chi connectivity index (χ2n) is 28.1. The van der Waals surface area contributed by atoms with Crippen LogP contribution in [0.15, 0.2) is 181 Å². The highest BCUT2D eigenvalue weighted by atomic mass is 19.1. The number of hydrogen-bond acceptors (Lipinski definition) is 10. The molecular formula is C81H82F3N7O8. The van der Waals surface area contributed by atoms with E-state index in [-0.39, 0.29) is 29.3 Å². The Labute approximate surface area is 574 Å². The fourth-order valence-corrected chi connectivity index (χ4v) is 16.6. The summed E-state index contributed by atoms with van der Waals surface area (Å²) in [7, 11) is 1.38. The number of benzene rings is 6. The highest BCUT2D eigenvalue weighted by Crippen LogP contribution is 2.60. The van der Waals surface area contributed by atoms with Crippen LogP contribution < -0.4 is 5.32 Å². The number of halogens is 3. The van der Waals surface area contributed by atoms with Crippen molar-refractivity contribution in [3.63, 3.8) is 0 Å². The maximum Gasteiger partial charge on any atom is 0.338 e. The SMILES string of the molecule is CCNC(=O)c1ccccc1CC[C@]1(O)CCC2=Cc3c(cnn3-c3ccc(F)cc3)C[C@@]21C.COC(=O)c1ccccc1CC[C@]1(O)CCC2=Cc3c(cnn3-c3ccc(F)cc3)C[C@@]21C.C[C@]12Cc3cnn(-c4ccc(F)cc4)c3C=C1CC[C@@]2(O)CCc1ccccc1C(=O)O. The molecule has 0 spiro atoms. The first kappa shape index (κ1) is 67.8. The minimum atomic E-state index is -0.943. The van der Waals surface area contributed by atoms with Crippen molar-refractivity contribution in [3.05, 3.63) is 266 Å². The number of methoxy groups -OCH3 is 1. The van der Waals surface area contributed by atoms with Crippen LogP contribution in [0.2, 0.25) is 0 Å². The average molecular weight is 1340 g/mol. The molecule has 510 valence electrons. The summed E-state index contributed by atoms with van der Waals surface area (Å²) in [4.78, 5) is 36.2. The molecule has 0 radical (unpaired) electrons. The first-order valence-corrected chi connectivity index (χ1v) is 34.1. The number of rotatable bonds is 16. The zero-order valence-corrected chi connectivity index (χ0v) is 56.4. The predicted octanol–water partition coefficient (Wildman–Crippen LogP) is 14.6. The smallest absolute Gasteiger partial charge is 0.338 e. The van der Waals surface area contributed by atoms with Crippen LogP contribution in [0.3, 0.4) is 0 Å². The lowest BCUT2D eigenvalue weighted by Gasteiger charge is -2.42. The average Bonchev–Trinajstić information content (AvgIpc) is 1.59. The van der Waals surface area contributed by atoms with Gasteiger partial charge in [-0.3, -0.25) is 4.79 Å². The van der Waals surface area contributed by atoms with Crippen LogP contribution in [0, 0.1) is 33.7 Å². The normalized spacial score (nSPS) is 23.6. The fourth-order valence-electron chi connectivity index (χ4n) is 16.6. The standard InChI is InChI=1S/C28H30FN3O2.C27H27FN2O3.C26H25FN2O3/c1-3-30-26(33)24-7-5-4-6-19(24)12-14-28(34)15-13-21-16-25-20(17-27(21,28)2)18-31-32(25)23-10-8-22(29)9-11-23;1-26-16-19-17-29-30(22-9-7-21(28)8-10-22)24(19)15-20(26)12-14-27(26,32)13-11-18-5-3-4-6-23(18)25(31)33-2;1-25-15-18-16-28-29(21-8-6-20(27)7-9-21)23(18)14-19(25)11-13-26(25,32)12-10-17-4-2-3-5-22(17)24(30)31/h4-11,16,18,34H,3,12-15,17H2,1-2H3,(H,30,33);3-10,15,17,32H,11-14,16H2,1-2H3;2-9,14,16,32H,10-13,15H2,1H3,(H,30,31)/t27-,28-;26-,27-;25-,26-/m000/s1. The molecule has 6 atom stereocenters. The molecular weight excluding hydrogens is 1260 g/mol. The van der Waals surface area contributed by atoms with Crippen LogP contribution in [-0.2, 0) is 43.3 Å². The van der Waals surface area contributed by atoms with Gasteiger partial charge in [0.2, 0.25) is 0 Å².